The van der Waals surface area contributed by atoms with E-state index in [9.17, 15) is 0 Å². The molecule has 7 heteroatoms. The largest absolute Gasteiger partial charge is 0.486 e. The van der Waals surface area contributed by atoms with Gasteiger partial charge in [0.05, 0.1) is 16.8 Å². The van der Waals surface area contributed by atoms with E-state index in [2.05, 4.69) is 32.6 Å². The number of nitrogens with zero attached hydrogens (tertiary/aromatic N) is 5. The first-order valence-electron chi connectivity index (χ1n) is 7.07. The lowest BCUT2D eigenvalue weighted by molar-refractivity contribution is 0.303. The lowest BCUT2D eigenvalue weighted by Gasteiger charge is -2.12. The van der Waals surface area contributed by atoms with Crippen LogP contribution in [0.1, 0.15) is 5.69 Å². The van der Waals surface area contributed by atoms with Gasteiger partial charge >= 0.3 is 0 Å². The number of thiazole rings is 1. The summed E-state index contributed by atoms with van der Waals surface area (Å²) < 4.78 is 7.65. The number of hydrogen-bond acceptors (Lipinski definition) is 6. The van der Waals surface area contributed by atoms with Gasteiger partial charge in [-0.15, -0.1) is 16.4 Å². The van der Waals surface area contributed by atoms with E-state index in [1.54, 1.807) is 21.5 Å². The molecule has 0 bridgehead atoms. The lowest BCUT2D eigenvalue weighted by atomic mass is 10.0. The molecule has 0 aliphatic carbocycles. The van der Waals surface area contributed by atoms with Crippen molar-refractivity contribution < 1.29 is 4.74 Å². The maximum atomic E-state index is 6.00. The highest BCUT2D eigenvalue weighted by atomic mass is 32.1. The molecule has 0 aliphatic heterocycles. The number of aryl methyl sites for hydroxylation is 1. The van der Waals surface area contributed by atoms with Gasteiger partial charge in [0.1, 0.15) is 12.4 Å². The van der Waals surface area contributed by atoms with E-state index in [0.717, 1.165) is 27.8 Å². The Kier molecular flexibility index (Phi) is 3.47. The molecule has 0 N–H and O–H groups in total. The standard InChI is InChI=1S/C16H13N5OS/c1-21-16(18-19-20-21)15-13-5-3-2-4-11(13)6-7-14(15)22-8-12-9-23-10-17-12/h2-7,9-10H,8H2,1H3. The highest BCUT2D eigenvalue weighted by Gasteiger charge is 2.16. The molecule has 4 rings (SSSR count). The number of aromatic nitrogens is 5. The number of tetrazole rings is 1. The minimum absolute atomic E-state index is 0.417. The Hall–Kier alpha value is -2.80. The maximum Gasteiger partial charge on any atom is 0.186 e. The molecule has 0 unspecified atom stereocenters. The summed E-state index contributed by atoms with van der Waals surface area (Å²) >= 11 is 1.55. The van der Waals surface area contributed by atoms with Gasteiger partial charge in [-0.1, -0.05) is 30.3 Å². The molecular weight excluding hydrogens is 310 g/mol. The van der Waals surface area contributed by atoms with Crippen molar-refractivity contribution in [3.8, 4) is 17.1 Å². The van der Waals surface area contributed by atoms with Crippen molar-refractivity contribution in [1.82, 2.24) is 25.2 Å². The minimum atomic E-state index is 0.417. The third-order valence-corrected chi connectivity index (χ3v) is 4.23. The van der Waals surface area contributed by atoms with Gasteiger partial charge in [0.2, 0.25) is 0 Å². The SMILES string of the molecule is Cn1nnnc1-c1c(OCc2cscn2)ccc2ccccc12. The van der Waals surface area contributed by atoms with Crippen molar-refractivity contribution in [1.29, 1.82) is 0 Å². The summed E-state index contributed by atoms with van der Waals surface area (Å²) in [5, 5.41) is 16.0. The first kappa shape index (κ1) is 13.8. The highest BCUT2D eigenvalue weighted by molar-refractivity contribution is 7.07. The third-order valence-electron chi connectivity index (χ3n) is 3.59. The van der Waals surface area contributed by atoms with Gasteiger partial charge in [-0.2, -0.15) is 0 Å². The van der Waals surface area contributed by atoms with Gasteiger partial charge < -0.3 is 4.74 Å². The molecule has 0 saturated heterocycles. The van der Waals surface area contributed by atoms with Gasteiger partial charge in [-0.25, -0.2) is 9.67 Å². The lowest BCUT2D eigenvalue weighted by Crippen LogP contribution is -2.01. The fourth-order valence-electron chi connectivity index (χ4n) is 2.50. The Morgan fingerprint density at radius 1 is 1.17 bits per heavy atom. The molecule has 0 spiro atoms. The Bertz CT molecular complexity index is 948. The second kappa shape index (κ2) is 5.77. The number of ether oxygens (including phenoxy) is 1. The van der Waals surface area contributed by atoms with E-state index in [4.69, 9.17) is 4.74 Å². The van der Waals surface area contributed by atoms with Crippen LogP contribution in [-0.4, -0.2) is 25.2 Å². The van der Waals surface area contributed by atoms with Crippen molar-refractivity contribution in [3.63, 3.8) is 0 Å². The highest BCUT2D eigenvalue weighted by Crippen LogP contribution is 2.35. The Labute approximate surface area is 136 Å². The van der Waals surface area contributed by atoms with Crippen molar-refractivity contribution in [3.05, 3.63) is 53.0 Å². The van der Waals surface area contributed by atoms with Crippen LogP contribution in [0.5, 0.6) is 5.75 Å². The molecule has 0 saturated carbocycles. The summed E-state index contributed by atoms with van der Waals surface area (Å²) in [4.78, 5) is 4.25. The molecule has 0 aliphatic rings. The average Bonchev–Trinajstić information content (AvgIpc) is 3.24. The monoisotopic (exact) mass is 323 g/mol. The summed E-state index contributed by atoms with van der Waals surface area (Å²) in [5.41, 5.74) is 3.60. The van der Waals surface area contributed by atoms with Crippen LogP contribution in [0.4, 0.5) is 0 Å². The molecule has 6 nitrogen and oxygen atoms in total. The number of hydrogen-bond donors (Lipinski definition) is 0. The summed E-state index contributed by atoms with van der Waals surface area (Å²) in [6.45, 7) is 0.417. The average molecular weight is 323 g/mol. The molecular formula is C16H13N5OS. The van der Waals surface area contributed by atoms with Crippen molar-refractivity contribution >= 4 is 22.1 Å². The fourth-order valence-corrected chi connectivity index (χ4v) is 3.05. The molecule has 2 aromatic heterocycles. The van der Waals surface area contributed by atoms with E-state index in [1.807, 2.05) is 36.7 Å². The number of benzene rings is 2. The molecule has 4 aromatic rings. The third kappa shape index (κ3) is 2.55. The van der Waals surface area contributed by atoms with Crippen LogP contribution in [0.25, 0.3) is 22.2 Å². The van der Waals surface area contributed by atoms with Crippen LogP contribution in [0.3, 0.4) is 0 Å². The van der Waals surface area contributed by atoms with Crippen LogP contribution in [0, 0.1) is 0 Å². The predicted octanol–water partition coefficient (Wildman–Crippen LogP) is 3.07. The normalized spacial score (nSPS) is 11.0. The Balaban J connectivity index is 1.84. The second-order valence-electron chi connectivity index (χ2n) is 5.05. The maximum absolute atomic E-state index is 6.00. The van der Waals surface area contributed by atoms with E-state index in [0.29, 0.717) is 12.4 Å². The molecule has 2 heterocycles. The van der Waals surface area contributed by atoms with Crippen molar-refractivity contribution in [2.24, 2.45) is 7.05 Å². The van der Waals surface area contributed by atoms with Crippen molar-refractivity contribution in [2.45, 2.75) is 6.61 Å². The topological polar surface area (TPSA) is 65.7 Å². The van der Waals surface area contributed by atoms with Crippen LogP contribution >= 0.6 is 11.3 Å². The molecule has 23 heavy (non-hydrogen) atoms. The summed E-state index contributed by atoms with van der Waals surface area (Å²) in [7, 11) is 1.82. The zero-order valence-corrected chi connectivity index (χ0v) is 13.2. The zero-order valence-electron chi connectivity index (χ0n) is 12.4. The van der Waals surface area contributed by atoms with Gasteiger partial charge in [0, 0.05) is 12.4 Å². The number of rotatable bonds is 4. The quantitative estimate of drug-likeness (QED) is 0.577. The van der Waals surface area contributed by atoms with Crippen LogP contribution in [-0.2, 0) is 13.7 Å². The van der Waals surface area contributed by atoms with Crippen molar-refractivity contribution in [2.75, 3.05) is 0 Å². The predicted molar refractivity (Wildman–Crippen MR) is 88.2 cm³/mol. The summed E-state index contributed by atoms with van der Waals surface area (Å²) in [6.07, 6.45) is 0. The van der Waals surface area contributed by atoms with Crippen LogP contribution < -0.4 is 4.74 Å². The second-order valence-corrected chi connectivity index (χ2v) is 5.77. The molecule has 2 aromatic carbocycles. The van der Waals surface area contributed by atoms with E-state index in [1.165, 1.54) is 0 Å². The minimum Gasteiger partial charge on any atom is -0.486 e. The van der Waals surface area contributed by atoms with E-state index < -0.39 is 0 Å². The first-order valence-corrected chi connectivity index (χ1v) is 8.01. The van der Waals surface area contributed by atoms with Gasteiger partial charge in [0.25, 0.3) is 0 Å². The van der Waals surface area contributed by atoms with Gasteiger partial charge in [0.15, 0.2) is 5.82 Å². The number of fused-ring (bicyclic) bond motifs is 1. The van der Waals surface area contributed by atoms with Crippen LogP contribution in [0.15, 0.2) is 47.3 Å². The summed E-state index contributed by atoms with van der Waals surface area (Å²) in [6, 6.07) is 12.1. The summed E-state index contributed by atoms with van der Waals surface area (Å²) in [5.74, 6) is 1.42. The molecule has 0 amide bonds. The molecule has 0 fully saturated rings. The molecule has 0 radical (unpaired) electrons. The Morgan fingerprint density at radius 3 is 2.87 bits per heavy atom. The fraction of sp³-hybridized carbons (Fsp3) is 0.125. The van der Waals surface area contributed by atoms with Gasteiger partial charge in [-0.3, -0.25) is 0 Å². The Morgan fingerprint density at radius 2 is 2.09 bits per heavy atom. The zero-order chi connectivity index (χ0) is 15.6. The van der Waals surface area contributed by atoms with E-state index >= 15 is 0 Å². The smallest absolute Gasteiger partial charge is 0.186 e. The van der Waals surface area contributed by atoms with Gasteiger partial charge in [-0.05, 0) is 27.3 Å². The van der Waals surface area contributed by atoms with E-state index in [-0.39, 0.29) is 0 Å². The molecule has 114 valence electrons. The molecule has 0 atom stereocenters. The van der Waals surface area contributed by atoms with Crippen LogP contribution in [0.2, 0.25) is 0 Å². The first-order chi connectivity index (χ1) is 11.3.